The maximum atomic E-state index is 10.6. The highest BCUT2D eigenvalue weighted by atomic mass is 35.5. The molecule has 0 aliphatic rings. The molecule has 0 aromatic carbocycles. The number of methoxy groups -OCH3 is 1. The molecule has 1 unspecified atom stereocenters. The van der Waals surface area contributed by atoms with Crippen LogP contribution in [0.5, 0.6) is 0 Å². The molecular formula is C8H13ClO2. The molecule has 0 rings (SSSR count). The first kappa shape index (κ1) is 10.5. The summed E-state index contributed by atoms with van der Waals surface area (Å²) in [5, 5.41) is -0.0564. The van der Waals surface area contributed by atoms with E-state index in [1.54, 1.807) is 6.08 Å². The normalized spacial score (nSPS) is 13.4. The van der Waals surface area contributed by atoms with Crippen molar-refractivity contribution < 1.29 is 9.53 Å². The standard InChI is InChI=1S/C8H13ClO2/c1-3-4-7(9)5-6-8(10)11-2/h5-7H,3-4H2,1-2H3. The van der Waals surface area contributed by atoms with Crippen LogP contribution in [-0.4, -0.2) is 18.5 Å². The van der Waals surface area contributed by atoms with E-state index in [4.69, 9.17) is 11.6 Å². The Bertz CT molecular complexity index is 143. The lowest BCUT2D eigenvalue weighted by atomic mass is 10.2. The number of hydrogen-bond acceptors (Lipinski definition) is 2. The summed E-state index contributed by atoms with van der Waals surface area (Å²) in [6.07, 6.45) is 4.90. The fourth-order valence-corrected chi connectivity index (χ4v) is 0.914. The maximum Gasteiger partial charge on any atom is 0.330 e. The summed E-state index contributed by atoms with van der Waals surface area (Å²) in [4.78, 5) is 10.6. The molecule has 0 fully saturated rings. The molecule has 0 heterocycles. The third kappa shape index (κ3) is 5.92. The van der Waals surface area contributed by atoms with Crippen molar-refractivity contribution in [3.05, 3.63) is 12.2 Å². The molecule has 0 radical (unpaired) electrons. The number of esters is 1. The van der Waals surface area contributed by atoms with Gasteiger partial charge in [-0.05, 0) is 6.42 Å². The minimum atomic E-state index is -0.355. The molecule has 0 bridgehead atoms. The summed E-state index contributed by atoms with van der Waals surface area (Å²) in [7, 11) is 1.34. The van der Waals surface area contributed by atoms with Crippen molar-refractivity contribution in [3.63, 3.8) is 0 Å². The first-order valence-corrected chi connectivity index (χ1v) is 4.04. The SMILES string of the molecule is CCCC(Cl)C=CC(=O)OC. The fraction of sp³-hybridized carbons (Fsp3) is 0.625. The number of carbonyl (C=O) groups is 1. The van der Waals surface area contributed by atoms with Crippen LogP contribution >= 0.6 is 11.6 Å². The summed E-state index contributed by atoms with van der Waals surface area (Å²) in [6, 6.07) is 0. The highest BCUT2D eigenvalue weighted by Crippen LogP contribution is 2.05. The molecule has 0 spiro atoms. The van der Waals surface area contributed by atoms with Gasteiger partial charge in [-0.1, -0.05) is 19.4 Å². The van der Waals surface area contributed by atoms with Gasteiger partial charge in [0.25, 0.3) is 0 Å². The average molecular weight is 177 g/mol. The van der Waals surface area contributed by atoms with Gasteiger partial charge in [-0.25, -0.2) is 4.79 Å². The Hall–Kier alpha value is -0.500. The minimum absolute atomic E-state index is 0.0564. The van der Waals surface area contributed by atoms with Crippen LogP contribution < -0.4 is 0 Å². The first-order valence-electron chi connectivity index (χ1n) is 3.61. The Labute approximate surface area is 72.2 Å². The number of alkyl halides is 1. The summed E-state index contributed by atoms with van der Waals surface area (Å²) < 4.78 is 4.39. The van der Waals surface area contributed by atoms with Crippen molar-refractivity contribution in [2.24, 2.45) is 0 Å². The zero-order chi connectivity index (χ0) is 8.69. The van der Waals surface area contributed by atoms with E-state index in [0.29, 0.717) is 0 Å². The van der Waals surface area contributed by atoms with Crippen molar-refractivity contribution in [3.8, 4) is 0 Å². The number of ether oxygens (including phenoxy) is 1. The topological polar surface area (TPSA) is 26.3 Å². The number of allylic oxidation sites excluding steroid dienone is 1. The van der Waals surface area contributed by atoms with Gasteiger partial charge in [-0.2, -0.15) is 0 Å². The van der Waals surface area contributed by atoms with Gasteiger partial charge in [0.1, 0.15) is 0 Å². The van der Waals surface area contributed by atoms with E-state index in [-0.39, 0.29) is 11.3 Å². The zero-order valence-electron chi connectivity index (χ0n) is 6.84. The Morgan fingerprint density at radius 3 is 2.82 bits per heavy atom. The third-order valence-corrected chi connectivity index (χ3v) is 1.57. The smallest absolute Gasteiger partial charge is 0.330 e. The summed E-state index contributed by atoms with van der Waals surface area (Å²) in [5.74, 6) is -0.355. The largest absolute Gasteiger partial charge is 0.466 e. The molecule has 0 aromatic heterocycles. The molecule has 11 heavy (non-hydrogen) atoms. The van der Waals surface area contributed by atoms with Crippen LogP contribution in [0.4, 0.5) is 0 Å². The van der Waals surface area contributed by atoms with Gasteiger partial charge < -0.3 is 4.74 Å². The molecule has 0 saturated carbocycles. The van der Waals surface area contributed by atoms with Crippen molar-refractivity contribution in [1.29, 1.82) is 0 Å². The maximum absolute atomic E-state index is 10.6. The van der Waals surface area contributed by atoms with E-state index in [2.05, 4.69) is 4.74 Å². The van der Waals surface area contributed by atoms with Crippen LogP contribution in [0.2, 0.25) is 0 Å². The van der Waals surface area contributed by atoms with Crippen molar-refractivity contribution in [2.75, 3.05) is 7.11 Å². The van der Waals surface area contributed by atoms with E-state index >= 15 is 0 Å². The quantitative estimate of drug-likeness (QED) is 0.373. The Morgan fingerprint density at radius 1 is 1.73 bits per heavy atom. The van der Waals surface area contributed by atoms with E-state index in [9.17, 15) is 4.79 Å². The van der Waals surface area contributed by atoms with Crippen LogP contribution in [0.3, 0.4) is 0 Å². The van der Waals surface area contributed by atoms with E-state index in [1.165, 1.54) is 13.2 Å². The molecule has 1 atom stereocenters. The van der Waals surface area contributed by atoms with E-state index in [0.717, 1.165) is 12.8 Å². The molecule has 0 aliphatic heterocycles. The highest BCUT2D eigenvalue weighted by molar-refractivity contribution is 6.21. The van der Waals surface area contributed by atoms with Gasteiger partial charge in [-0.15, -0.1) is 11.6 Å². The van der Waals surface area contributed by atoms with Gasteiger partial charge in [0.15, 0.2) is 0 Å². The monoisotopic (exact) mass is 176 g/mol. The Balaban J connectivity index is 3.63. The average Bonchev–Trinajstić information content (AvgIpc) is 2.01. The first-order chi connectivity index (χ1) is 5.20. The predicted molar refractivity (Wildman–Crippen MR) is 45.7 cm³/mol. The summed E-state index contributed by atoms with van der Waals surface area (Å²) >= 11 is 5.79. The molecule has 0 N–H and O–H groups in total. The highest BCUT2D eigenvalue weighted by Gasteiger charge is 1.98. The van der Waals surface area contributed by atoms with Gasteiger partial charge in [0.05, 0.1) is 12.5 Å². The fourth-order valence-electron chi connectivity index (χ4n) is 0.623. The lowest BCUT2D eigenvalue weighted by Crippen LogP contribution is -1.97. The predicted octanol–water partition coefficient (Wildman–Crippen LogP) is 2.12. The Kier molecular flexibility index (Phi) is 5.94. The third-order valence-electron chi connectivity index (χ3n) is 1.21. The van der Waals surface area contributed by atoms with Crippen molar-refractivity contribution in [2.45, 2.75) is 25.1 Å². The number of halogens is 1. The molecule has 0 aliphatic carbocycles. The Morgan fingerprint density at radius 2 is 2.36 bits per heavy atom. The molecule has 0 saturated heterocycles. The van der Waals surface area contributed by atoms with Crippen LogP contribution in [0.15, 0.2) is 12.2 Å². The molecule has 0 amide bonds. The van der Waals surface area contributed by atoms with E-state index < -0.39 is 0 Å². The van der Waals surface area contributed by atoms with Gasteiger partial charge in [0, 0.05) is 6.08 Å². The molecule has 0 aromatic rings. The second-order valence-electron chi connectivity index (χ2n) is 2.19. The number of hydrogen-bond donors (Lipinski definition) is 0. The van der Waals surface area contributed by atoms with Crippen molar-refractivity contribution in [1.82, 2.24) is 0 Å². The lowest BCUT2D eigenvalue weighted by molar-refractivity contribution is -0.134. The summed E-state index contributed by atoms with van der Waals surface area (Å²) in [5.41, 5.74) is 0. The summed E-state index contributed by atoms with van der Waals surface area (Å²) in [6.45, 7) is 2.04. The molecule has 2 nitrogen and oxygen atoms in total. The van der Waals surface area contributed by atoms with Gasteiger partial charge in [-0.3, -0.25) is 0 Å². The van der Waals surface area contributed by atoms with Crippen molar-refractivity contribution >= 4 is 17.6 Å². The van der Waals surface area contributed by atoms with Crippen LogP contribution in [-0.2, 0) is 9.53 Å². The van der Waals surface area contributed by atoms with Gasteiger partial charge >= 0.3 is 5.97 Å². The molecule has 3 heteroatoms. The van der Waals surface area contributed by atoms with E-state index in [1.807, 2.05) is 6.92 Å². The van der Waals surface area contributed by atoms with Crippen LogP contribution in [0, 0.1) is 0 Å². The lowest BCUT2D eigenvalue weighted by Gasteiger charge is -1.98. The molecular weight excluding hydrogens is 164 g/mol. The second-order valence-corrected chi connectivity index (χ2v) is 2.75. The van der Waals surface area contributed by atoms with Crippen LogP contribution in [0.25, 0.3) is 0 Å². The van der Waals surface area contributed by atoms with Gasteiger partial charge in [0.2, 0.25) is 0 Å². The zero-order valence-corrected chi connectivity index (χ0v) is 7.60. The van der Waals surface area contributed by atoms with Crippen LogP contribution in [0.1, 0.15) is 19.8 Å². The minimum Gasteiger partial charge on any atom is -0.466 e. The second kappa shape index (κ2) is 6.23. The number of carbonyl (C=O) groups excluding carboxylic acids is 1. The molecule has 64 valence electrons. The number of rotatable bonds is 4.